The molecule has 3 aromatic rings. The van der Waals surface area contributed by atoms with Crippen LogP contribution in [0, 0.1) is 12.7 Å². The van der Waals surface area contributed by atoms with Gasteiger partial charge in [0.05, 0.1) is 23.8 Å². The van der Waals surface area contributed by atoms with Gasteiger partial charge in [-0.1, -0.05) is 17.8 Å². The number of nitrogens with zero attached hydrogens (tertiary/aromatic N) is 3. The summed E-state index contributed by atoms with van der Waals surface area (Å²) >= 11 is 1.09. The molecule has 1 aliphatic carbocycles. The number of carbonyl (C=O) groups excluding carboxylic acids is 2. The highest BCUT2D eigenvalue weighted by molar-refractivity contribution is 7.99. The lowest BCUT2D eigenvalue weighted by Gasteiger charge is -2.15. The molecule has 1 fully saturated rings. The molecule has 8 nitrogen and oxygen atoms in total. The highest BCUT2D eigenvalue weighted by atomic mass is 32.2. The van der Waals surface area contributed by atoms with Crippen LogP contribution in [-0.2, 0) is 9.53 Å². The fourth-order valence-corrected chi connectivity index (χ4v) is 4.11. The van der Waals surface area contributed by atoms with Crippen molar-refractivity contribution in [3.63, 3.8) is 0 Å². The van der Waals surface area contributed by atoms with Crippen molar-refractivity contribution < 1.29 is 18.7 Å². The molecule has 1 aromatic carbocycles. The zero-order valence-corrected chi connectivity index (χ0v) is 17.7. The van der Waals surface area contributed by atoms with Gasteiger partial charge in [0.1, 0.15) is 11.5 Å². The number of amides is 1. The third-order valence-corrected chi connectivity index (χ3v) is 5.68. The smallest absolute Gasteiger partial charge is 0.338 e. The summed E-state index contributed by atoms with van der Waals surface area (Å²) in [6, 6.07) is 7.19. The second kappa shape index (κ2) is 8.46. The molecule has 160 valence electrons. The summed E-state index contributed by atoms with van der Waals surface area (Å²) in [4.78, 5) is 46.0. The molecule has 0 bridgehead atoms. The number of thioether (sulfide) groups is 1. The second-order valence-corrected chi connectivity index (χ2v) is 8.09. The van der Waals surface area contributed by atoms with E-state index in [9.17, 15) is 18.8 Å². The third-order valence-electron chi connectivity index (χ3n) is 4.73. The summed E-state index contributed by atoms with van der Waals surface area (Å²) in [5.74, 6) is -1.48. The topological polar surface area (TPSA) is 103 Å². The number of nitrogens with one attached hydrogen (secondary N) is 1. The average Bonchev–Trinajstić information content (AvgIpc) is 3.56. The quantitative estimate of drug-likeness (QED) is 0.355. The monoisotopic (exact) mass is 442 g/mol. The number of anilines is 1. The van der Waals surface area contributed by atoms with E-state index in [1.165, 1.54) is 31.4 Å². The number of halogens is 1. The van der Waals surface area contributed by atoms with Crippen LogP contribution in [0.5, 0.6) is 0 Å². The van der Waals surface area contributed by atoms with Crippen LogP contribution in [0.2, 0.25) is 0 Å². The molecule has 1 aliphatic rings. The molecule has 10 heteroatoms. The Labute approximate surface area is 180 Å². The van der Waals surface area contributed by atoms with Gasteiger partial charge in [0.25, 0.3) is 5.56 Å². The predicted molar refractivity (Wildman–Crippen MR) is 114 cm³/mol. The van der Waals surface area contributed by atoms with Gasteiger partial charge in [-0.3, -0.25) is 9.59 Å². The summed E-state index contributed by atoms with van der Waals surface area (Å²) in [5.41, 5.74) is 0.783. The van der Waals surface area contributed by atoms with Crippen molar-refractivity contribution in [2.45, 2.75) is 31.0 Å². The van der Waals surface area contributed by atoms with Gasteiger partial charge >= 0.3 is 5.97 Å². The molecule has 1 N–H and O–H groups in total. The Morgan fingerprint density at radius 2 is 2.06 bits per heavy atom. The number of ether oxygens (including phenoxy) is 1. The maximum absolute atomic E-state index is 13.3. The lowest BCUT2D eigenvalue weighted by atomic mass is 10.1. The van der Waals surface area contributed by atoms with Crippen molar-refractivity contribution in [3.05, 3.63) is 57.8 Å². The minimum Gasteiger partial charge on any atom is -0.465 e. The van der Waals surface area contributed by atoms with Crippen LogP contribution in [-0.4, -0.2) is 39.3 Å². The number of carbonyl (C=O) groups is 2. The Bertz CT molecular complexity index is 1260. The zero-order chi connectivity index (χ0) is 22.1. The summed E-state index contributed by atoms with van der Waals surface area (Å²) in [6.45, 7) is 1.73. The van der Waals surface area contributed by atoms with Crippen molar-refractivity contribution in [1.29, 1.82) is 0 Å². The second-order valence-electron chi connectivity index (χ2n) is 7.15. The lowest BCUT2D eigenvalue weighted by molar-refractivity contribution is -0.113. The van der Waals surface area contributed by atoms with E-state index in [1.807, 2.05) is 4.57 Å². The molecule has 0 unspecified atom stereocenters. The van der Waals surface area contributed by atoms with Gasteiger partial charge in [0.15, 0.2) is 5.16 Å². The van der Waals surface area contributed by atoms with Crippen LogP contribution < -0.4 is 10.9 Å². The zero-order valence-electron chi connectivity index (χ0n) is 16.8. The molecule has 2 aromatic heterocycles. The van der Waals surface area contributed by atoms with Crippen molar-refractivity contribution in [2.75, 3.05) is 18.2 Å². The Morgan fingerprint density at radius 1 is 1.29 bits per heavy atom. The van der Waals surface area contributed by atoms with Gasteiger partial charge in [-0.2, -0.15) is 4.98 Å². The molecular formula is C21H19FN4O4S. The fourth-order valence-electron chi connectivity index (χ4n) is 3.26. The maximum atomic E-state index is 13.3. The fraction of sp³-hybridized carbons (Fsp3) is 0.286. The minimum absolute atomic E-state index is 0.0309. The molecule has 0 spiro atoms. The van der Waals surface area contributed by atoms with Crippen molar-refractivity contribution in [2.24, 2.45) is 0 Å². The number of rotatable bonds is 6. The number of pyridine rings is 1. The number of methoxy groups -OCH3 is 1. The first kappa shape index (κ1) is 21.0. The molecule has 1 amide bonds. The molecule has 0 atom stereocenters. The Balaban J connectivity index is 1.68. The Morgan fingerprint density at radius 3 is 2.74 bits per heavy atom. The van der Waals surface area contributed by atoms with Crippen molar-refractivity contribution in [1.82, 2.24) is 14.5 Å². The summed E-state index contributed by atoms with van der Waals surface area (Å²) in [5, 5.41) is 3.08. The molecule has 0 saturated heterocycles. The summed E-state index contributed by atoms with van der Waals surface area (Å²) in [7, 11) is 1.25. The number of aromatic nitrogens is 3. The Hall–Kier alpha value is -3.27. The highest BCUT2D eigenvalue weighted by Gasteiger charge is 2.30. The van der Waals surface area contributed by atoms with Crippen molar-refractivity contribution in [3.8, 4) is 0 Å². The third kappa shape index (κ3) is 4.43. The van der Waals surface area contributed by atoms with Crippen LogP contribution in [0.3, 0.4) is 0 Å². The van der Waals surface area contributed by atoms with Gasteiger partial charge in [-0.05, 0) is 44.0 Å². The van der Waals surface area contributed by atoms with Crippen LogP contribution in [0.1, 0.15) is 34.9 Å². The van der Waals surface area contributed by atoms with Crippen LogP contribution in [0.15, 0.2) is 40.3 Å². The van der Waals surface area contributed by atoms with E-state index >= 15 is 0 Å². The SMILES string of the molecule is COC(=O)c1cc(C)nc2c1c(=O)nc(SCC(=O)Nc1cccc(F)c1)n2C1CC1. The van der Waals surface area contributed by atoms with Crippen molar-refractivity contribution >= 4 is 40.4 Å². The molecular weight excluding hydrogens is 423 g/mol. The summed E-state index contributed by atoms with van der Waals surface area (Å²) < 4.78 is 19.9. The van der Waals surface area contributed by atoms with E-state index in [0.717, 1.165) is 24.6 Å². The Kier molecular flexibility index (Phi) is 5.73. The van der Waals surface area contributed by atoms with Gasteiger partial charge in [0, 0.05) is 17.4 Å². The van der Waals surface area contributed by atoms with E-state index in [2.05, 4.69) is 15.3 Å². The molecule has 31 heavy (non-hydrogen) atoms. The maximum Gasteiger partial charge on any atom is 0.338 e. The number of fused-ring (bicyclic) bond motifs is 1. The van der Waals surface area contributed by atoms with E-state index < -0.39 is 17.3 Å². The van der Waals surface area contributed by atoms with Gasteiger partial charge in [-0.15, -0.1) is 0 Å². The van der Waals surface area contributed by atoms with E-state index in [1.54, 1.807) is 13.0 Å². The van der Waals surface area contributed by atoms with Crippen LogP contribution >= 0.6 is 11.8 Å². The minimum atomic E-state index is -0.633. The van der Waals surface area contributed by atoms with Gasteiger partial charge in [-0.25, -0.2) is 14.2 Å². The summed E-state index contributed by atoms with van der Waals surface area (Å²) in [6.07, 6.45) is 1.76. The van der Waals surface area contributed by atoms with Gasteiger partial charge < -0.3 is 14.6 Å². The van der Waals surface area contributed by atoms with Crippen LogP contribution in [0.4, 0.5) is 10.1 Å². The average molecular weight is 442 g/mol. The normalized spacial score (nSPS) is 13.3. The first-order chi connectivity index (χ1) is 14.9. The standard InChI is InChI=1S/C21H19FN4O4S/c1-11-8-15(20(29)30-2)17-18(23-11)26(14-6-7-14)21(25-19(17)28)31-10-16(27)24-13-5-3-4-12(22)9-13/h3-5,8-9,14H,6-7,10H2,1-2H3,(H,24,27). The molecule has 4 rings (SSSR count). The number of aryl methyl sites for hydroxylation is 1. The highest BCUT2D eigenvalue weighted by Crippen LogP contribution is 2.39. The van der Waals surface area contributed by atoms with E-state index in [4.69, 9.17) is 4.74 Å². The number of hydrogen-bond acceptors (Lipinski definition) is 7. The first-order valence-electron chi connectivity index (χ1n) is 9.58. The number of esters is 1. The molecule has 0 radical (unpaired) electrons. The molecule has 2 heterocycles. The lowest BCUT2D eigenvalue weighted by Crippen LogP contribution is -2.21. The first-order valence-corrected chi connectivity index (χ1v) is 10.6. The largest absolute Gasteiger partial charge is 0.465 e. The predicted octanol–water partition coefficient (Wildman–Crippen LogP) is 3.09. The number of benzene rings is 1. The number of hydrogen-bond donors (Lipinski definition) is 1. The van der Waals surface area contributed by atoms with Crippen LogP contribution in [0.25, 0.3) is 11.0 Å². The molecule has 1 saturated carbocycles. The van der Waals surface area contributed by atoms with E-state index in [-0.39, 0.29) is 28.7 Å². The molecule has 0 aliphatic heterocycles. The van der Waals surface area contributed by atoms with Gasteiger partial charge in [0.2, 0.25) is 5.91 Å². The van der Waals surface area contributed by atoms with E-state index in [0.29, 0.717) is 22.2 Å².